The smallest absolute Gasteiger partial charge is 0.243 e. The van der Waals surface area contributed by atoms with Gasteiger partial charge in [-0.25, -0.2) is 0 Å². The van der Waals surface area contributed by atoms with Crippen molar-refractivity contribution in [3.63, 3.8) is 0 Å². The molecular formula is C16H20N2O3. The minimum atomic E-state index is -0.339. The van der Waals surface area contributed by atoms with E-state index in [1.54, 1.807) is 11.9 Å². The van der Waals surface area contributed by atoms with Crippen LogP contribution in [0, 0.1) is 0 Å². The van der Waals surface area contributed by atoms with Gasteiger partial charge in [0.15, 0.2) is 0 Å². The van der Waals surface area contributed by atoms with E-state index in [9.17, 15) is 9.59 Å². The summed E-state index contributed by atoms with van der Waals surface area (Å²) in [6.45, 7) is 0.672. The monoisotopic (exact) mass is 288 g/mol. The summed E-state index contributed by atoms with van der Waals surface area (Å²) in [6.07, 6.45) is 2.82. The fourth-order valence-electron chi connectivity index (χ4n) is 3.05. The fourth-order valence-corrected chi connectivity index (χ4v) is 3.05. The van der Waals surface area contributed by atoms with Crippen LogP contribution in [0.2, 0.25) is 0 Å². The number of likely N-dealkylation sites (tertiary alicyclic amines) is 1. The van der Waals surface area contributed by atoms with E-state index in [4.69, 9.17) is 4.74 Å². The SMILES string of the molecule is CN1C(=O)CCC1C(=O)NC1CCCOc2ccccc21. The van der Waals surface area contributed by atoms with Crippen LogP contribution in [-0.2, 0) is 9.59 Å². The first-order valence-electron chi connectivity index (χ1n) is 7.44. The number of para-hydroxylation sites is 1. The first-order chi connectivity index (χ1) is 10.2. The molecule has 2 amide bonds. The maximum absolute atomic E-state index is 12.4. The molecule has 0 spiro atoms. The highest BCUT2D eigenvalue weighted by Gasteiger charge is 2.34. The van der Waals surface area contributed by atoms with E-state index in [0.29, 0.717) is 19.4 Å². The average Bonchev–Trinajstić information content (AvgIpc) is 2.71. The van der Waals surface area contributed by atoms with Crippen molar-refractivity contribution in [2.45, 2.75) is 37.8 Å². The highest BCUT2D eigenvalue weighted by molar-refractivity contribution is 5.90. The summed E-state index contributed by atoms with van der Waals surface area (Å²) >= 11 is 0. The third-order valence-corrected chi connectivity index (χ3v) is 4.30. The minimum Gasteiger partial charge on any atom is -0.493 e. The van der Waals surface area contributed by atoms with Crippen LogP contribution in [0.3, 0.4) is 0 Å². The standard InChI is InChI=1S/C16H20N2O3/c1-18-13(8-9-15(18)19)16(20)17-12-6-4-10-21-14-7-3-2-5-11(12)14/h2-3,5,7,12-13H,4,6,8-10H2,1H3,(H,17,20). The summed E-state index contributed by atoms with van der Waals surface area (Å²) in [5, 5.41) is 3.10. The first-order valence-corrected chi connectivity index (χ1v) is 7.44. The molecule has 0 aromatic heterocycles. The molecule has 21 heavy (non-hydrogen) atoms. The Labute approximate surface area is 124 Å². The molecule has 2 heterocycles. The van der Waals surface area contributed by atoms with Crippen LogP contribution >= 0.6 is 0 Å². The molecule has 1 N–H and O–H groups in total. The average molecular weight is 288 g/mol. The van der Waals surface area contributed by atoms with Crippen LogP contribution in [-0.4, -0.2) is 36.4 Å². The molecule has 2 unspecified atom stereocenters. The van der Waals surface area contributed by atoms with Crippen molar-refractivity contribution in [2.75, 3.05) is 13.7 Å². The Morgan fingerprint density at radius 2 is 2.14 bits per heavy atom. The van der Waals surface area contributed by atoms with Crippen molar-refractivity contribution in [3.8, 4) is 5.75 Å². The predicted octanol–water partition coefficient (Wildman–Crippen LogP) is 1.64. The Morgan fingerprint density at radius 1 is 1.33 bits per heavy atom. The molecule has 1 saturated heterocycles. The molecule has 5 nitrogen and oxygen atoms in total. The van der Waals surface area contributed by atoms with Gasteiger partial charge in [-0.15, -0.1) is 0 Å². The minimum absolute atomic E-state index is 0.0414. The zero-order valence-corrected chi connectivity index (χ0v) is 12.2. The van der Waals surface area contributed by atoms with Gasteiger partial charge in [0.2, 0.25) is 11.8 Å². The van der Waals surface area contributed by atoms with E-state index >= 15 is 0 Å². The maximum atomic E-state index is 12.4. The largest absolute Gasteiger partial charge is 0.493 e. The highest BCUT2D eigenvalue weighted by Crippen LogP contribution is 2.31. The molecule has 2 aliphatic rings. The second-order valence-corrected chi connectivity index (χ2v) is 5.65. The van der Waals surface area contributed by atoms with Crippen LogP contribution < -0.4 is 10.1 Å². The summed E-state index contributed by atoms with van der Waals surface area (Å²) in [4.78, 5) is 25.6. The fraction of sp³-hybridized carbons (Fsp3) is 0.500. The van der Waals surface area contributed by atoms with Crippen LogP contribution in [0.15, 0.2) is 24.3 Å². The molecule has 0 saturated carbocycles. The van der Waals surface area contributed by atoms with Gasteiger partial charge in [0, 0.05) is 19.0 Å². The molecule has 2 aliphatic heterocycles. The third-order valence-electron chi connectivity index (χ3n) is 4.30. The second kappa shape index (κ2) is 5.76. The number of ether oxygens (including phenoxy) is 1. The topological polar surface area (TPSA) is 58.6 Å². The molecule has 0 radical (unpaired) electrons. The molecule has 0 aliphatic carbocycles. The zero-order chi connectivity index (χ0) is 14.8. The first kappa shape index (κ1) is 13.9. The number of benzene rings is 1. The van der Waals surface area contributed by atoms with Gasteiger partial charge in [-0.2, -0.15) is 0 Å². The lowest BCUT2D eigenvalue weighted by atomic mass is 10.0. The van der Waals surface area contributed by atoms with Crippen molar-refractivity contribution >= 4 is 11.8 Å². The maximum Gasteiger partial charge on any atom is 0.243 e. The second-order valence-electron chi connectivity index (χ2n) is 5.65. The van der Waals surface area contributed by atoms with E-state index in [1.807, 2.05) is 24.3 Å². The van der Waals surface area contributed by atoms with Crippen LogP contribution in [0.1, 0.15) is 37.3 Å². The van der Waals surface area contributed by atoms with E-state index < -0.39 is 0 Å². The summed E-state index contributed by atoms with van der Waals surface area (Å²) < 4.78 is 5.71. The van der Waals surface area contributed by atoms with E-state index in [2.05, 4.69) is 5.32 Å². The number of amides is 2. The van der Waals surface area contributed by atoms with E-state index in [0.717, 1.165) is 24.2 Å². The molecule has 1 aromatic carbocycles. The number of carbonyl (C=O) groups excluding carboxylic acids is 2. The predicted molar refractivity (Wildman–Crippen MR) is 77.8 cm³/mol. The van der Waals surface area contributed by atoms with Crippen molar-refractivity contribution in [1.82, 2.24) is 10.2 Å². The Balaban J connectivity index is 1.75. The van der Waals surface area contributed by atoms with Gasteiger partial charge in [0.1, 0.15) is 11.8 Å². The van der Waals surface area contributed by atoms with E-state index in [-0.39, 0.29) is 23.9 Å². The van der Waals surface area contributed by atoms with Crippen molar-refractivity contribution < 1.29 is 14.3 Å². The van der Waals surface area contributed by atoms with Gasteiger partial charge in [-0.3, -0.25) is 9.59 Å². The number of hydrogen-bond donors (Lipinski definition) is 1. The molecule has 112 valence electrons. The Morgan fingerprint density at radius 3 is 2.90 bits per heavy atom. The number of nitrogens with one attached hydrogen (secondary N) is 1. The molecule has 3 rings (SSSR count). The zero-order valence-electron chi connectivity index (χ0n) is 12.2. The van der Waals surface area contributed by atoms with Gasteiger partial charge in [0.05, 0.1) is 12.6 Å². The molecule has 1 aromatic rings. The van der Waals surface area contributed by atoms with Crippen molar-refractivity contribution in [3.05, 3.63) is 29.8 Å². The number of hydrogen-bond acceptors (Lipinski definition) is 3. The van der Waals surface area contributed by atoms with E-state index in [1.165, 1.54) is 0 Å². The summed E-state index contributed by atoms with van der Waals surface area (Å²) in [5.41, 5.74) is 1.02. The lowest BCUT2D eigenvalue weighted by Gasteiger charge is -2.24. The van der Waals surface area contributed by atoms with Gasteiger partial charge in [0.25, 0.3) is 0 Å². The van der Waals surface area contributed by atoms with Gasteiger partial charge in [-0.05, 0) is 25.3 Å². The molecule has 1 fully saturated rings. The van der Waals surface area contributed by atoms with Crippen molar-refractivity contribution in [1.29, 1.82) is 0 Å². The molecule has 0 bridgehead atoms. The Bertz CT molecular complexity index is 558. The molecular weight excluding hydrogens is 268 g/mol. The summed E-state index contributed by atoms with van der Waals surface area (Å²) in [6, 6.07) is 7.44. The van der Waals surface area contributed by atoms with Gasteiger partial charge in [-0.1, -0.05) is 18.2 Å². The number of carbonyl (C=O) groups is 2. The normalized spacial score (nSPS) is 25.0. The van der Waals surface area contributed by atoms with Crippen molar-refractivity contribution in [2.24, 2.45) is 0 Å². The summed E-state index contributed by atoms with van der Waals surface area (Å²) in [5.74, 6) is 0.820. The Hall–Kier alpha value is -2.04. The summed E-state index contributed by atoms with van der Waals surface area (Å²) in [7, 11) is 1.70. The Kier molecular flexibility index (Phi) is 3.82. The third kappa shape index (κ3) is 2.73. The lowest BCUT2D eigenvalue weighted by Crippen LogP contribution is -2.43. The highest BCUT2D eigenvalue weighted by atomic mass is 16.5. The number of fused-ring (bicyclic) bond motifs is 1. The van der Waals surface area contributed by atoms with Crippen LogP contribution in [0.5, 0.6) is 5.75 Å². The van der Waals surface area contributed by atoms with Crippen LogP contribution in [0.25, 0.3) is 0 Å². The van der Waals surface area contributed by atoms with Crippen LogP contribution in [0.4, 0.5) is 0 Å². The lowest BCUT2D eigenvalue weighted by molar-refractivity contribution is -0.134. The quantitative estimate of drug-likeness (QED) is 0.900. The van der Waals surface area contributed by atoms with Gasteiger partial charge < -0.3 is 15.0 Å². The molecule has 5 heteroatoms. The number of likely N-dealkylation sites (N-methyl/N-ethyl adjacent to an activating group) is 1. The number of nitrogens with zero attached hydrogens (tertiary/aromatic N) is 1. The number of rotatable bonds is 2. The molecule has 2 atom stereocenters. The van der Waals surface area contributed by atoms with Gasteiger partial charge >= 0.3 is 0 Å².